The molecule has 1 unspecified atom stereocenters. The maximum atomic E-state index is 4.86. The number of hydrogen-bond acceptors (Lipinski definition) is 3. The average Bonchev–Trinajstić information content (AvgIpc) is 2.96. The van der Waals surface area contributed by atoms with Gasteiger partial charge in [-0.3, -0.25) is 0 Å². The Hall–Kier alpha value is -1.52. The molecular formula is C16H28N4O. The van der Waals surface area contributed by atoms with Crippen LogP contribution in [0.25, 0.3) is 0 Å². The van der Waals surface area contributed by atoms with Gasteiger partial charge in [-0.15, -0.1) is 0 Å². The maximum Gasteiger partial charge on any atom is 0.194 e. The fourth-order valence-corrected chi connectivity index (χ4v) is 3.20. The molecule has 0 aromatic carbocycles. The van der Waals surface area contributed by atoms with Crippen molar-refractivity contribution in [3.63, 3.8) is 0 Å². The Labute approximate surface area is 127 Å². The molecule has 1 aliphatic rings. The van der Waals surface area contributed by atoms with E-state index in [1.54, 1.807) is 6.26 Å². The summed E-state index contributed by atoms with van der Waals surface area (Å²) in [5, 5.41) is 7.34. The summed E-state index contributed by atoms with van der Waals surface area (Å²) < 4.78 is 4.86. The first-order chi connectivity index (χ1) is 10.2. The first-order valence-corrected chi connectivity index (χ1v) is 8.09. The molecule has 1 saturated heterocycles. The van der Waals surface area contributed by atoms with E-state index >= 15 is 0 Å². The van der Waals surface area contributed by atoms with Gasteiger partial charge in [0.05, 0.1) is 6.54 Å². The minimum atomic E-state index is 0.414. The number of hydrogen-bond donors (Lipinski definition) is 1. The summed E-state index contributed by atoms with van der Waals surface area (Å²) in [4.78, 5) is 7.12. The van der Waals surface area contributed by atoms with Crippen LogP contribution in [0.4, 0.5) is 0 Å². The molecule has 5 nitrogen and oxygen atoms in total. The lowest BCUT2D eigenvalue weighted by atomic mass is 9.78. The Bertz CT molecular complexity index is 439. The van der Waals surface area contributed by atoms with Crippen LogP contribution >= 0.6 is 0 Å². The highest BCUT2D eigenvalue weighted by atomic mass is 16.5. The summed E-state index contributed by atoms with van der Waals surface area (Å²) in [7, 11) is 0. The molecule has 2 heterocycles. The highest BCUT2D eigenvalue weighted by Gasteiger charge is 2.31. The van der Waals surface area contributed by atoms with E-state index in [0.29, 0.717) is 12.0 Å². The predicted molar refractivity (Wildman–Crippen MR) is 85.1 cm³/mol. The van der Waals surface area contributed by atoms with E-state index in [2.05, 4.69) is 36.1 Å². The third-order valence-electron chi connectivity index (χ3n) is 4.15. The van der Waals surface area contributed by atoms with Gasteiger partial charge in [0, 0.05) is 25.7 Å². The summed E-state index contributed by atoms with van der Waals surface area (Å²) in [6, 6.07) is 1.87. The Balaban J connectivity index is 2.04. The van der Waals surface area contributed by atoms with Crippen LogP contribution in [0.5, 0.6) is 0 Å². The van der Waals surface area contributed by atoms with Crippen molar-refractivity contribution in [2.45, 2.75) is 53.0 Å². The zero-order valence-corrected chi connectivity index (χ0v) is 13.6. The zero-order chi connectivity index (χ0) is 15.1. The lowest BCUT2D eigenvalue weighted by Crippen LogP contribution is -2.49. The number of aliphatic imine (C=N–C) groups is 1. The second-order valence-corrected chi connectivity index (χ2v) is 6.25. The summed E-state index contributed by atoms with van der Waals surface area (Å²) in [6.45, 7) is 10.4. The number of aromatic nitrogens is 1. The smallest absolute Gasteiger partial charge is 0.194 e. The van der Waals surface area contributed by atoms with Crippen LogP contribution in [-0.2, 0) is 6.54 Å². The third kappa shape index (κ3) is 4.48. The Morgan fingerprint density at radius 3 is 3.05 bits per heavy atom. The minimum absolute atomic E-state index is 0.414. The molecule has 1 aliphatic heterocycles. The summed E-state index contributed by atoms with van der Waals surface area (Å²) in [6.07, 6.45) is 6.69. The molecule has 21 heavy (non-hydrogen) atoms. The van der Waals surface area contributed by atoms with Gasteiger partial charge in [-0.25, -0.2) is 4.99 Å². The summed E-state index contributed by atoms with van der Waals surface area (Å²) in [5.74, 6) is 1.00. The number of nitrogens with zero attached hydrogens (tertiary/aromatic N) is 3. The van der Waals surface area contributed by atoms with E-state index in [0.717, 1.165) is 31.3 Å². The van der Waals surface area contributed by atoms with Gasteiger partial charge < -0.3 is 14.7 Å². The first kappa shape index (κ1) is 15.9. The molecule has 2 rings (SSSR count). The van der Waals surface area contributed by atoms with Crippen molar-refractivity contribution in [1.29, 1.82) is 0 Å². The highest BCUT2D eigenvalue weighted by Crippen LogP contribution is 2.33. The SMILES string of the molecule is CCCC1(C)CCCN(C(=NCc2ccon2)NCC)C1. The van der Waals surface area contributed by atoms with Crippen LogP contribution in [0.1, 0.15) is 52.1 Å². The topological polar surface area (TPSA) is 53.7 Å². The van der Waals surface area contributed by atoms with Crippen LogP contribution in [0, 0.1) is 5.41 Å². The molecule has 0 radical (unpaired) electrons. The van der Waals surface area contributed by atoms with Gasteiger partial charge in [-0.1, -0.05) is 25.4 Å². The minimum Gasteiger partial charge on any atom is -0.364 e. The number of likely N-dealkylation sites (tertiary alicyclic amines) is 1. The number of rotatable bonds is 5. The van der Waals surface area contributed by atoms with E-state index in [9.17, 15) is 0 Å². The number of nitrogens with one attached hydrogen (secondary N) is 1. The molecule has 0 bridgehead atoms. The van der Waals surface area contributed by atoms with Gasteiger partial charge in [0.2, 0.25) is 0 Å². The van der Waals surface area contributed by atoms with E-state index in [1.165, 1.54) is 25.7 Å². The average molecular weight is 292 g/mol. The van der Waals surface area contributed by atoms with Gasteiger partial charge >= 0.3 is 0 Å². The molecule has 5 heteroatoms. The molecule has 0 spiro atoms. The van der Waals surface area contributed by atoms with Crippen LogP contribution in [-0.4, -0.2) is 35.7 Å². The van der Waals surface area contributed by atoms with Crippen LogP contribution in [0.2, 0.25) is 0 Å². The largest absolute Gasteiger partial charge is 0.364 e. The predicted octanol–water partition coefficient (Wildman–Crippen LogP) is 3.04. The molecule has 1 atom stereocenters. The molecule has 0 amide bonds. The van der Waals surface area contributed by atoms with E-state index in [-0.39, 0.29) is 0 Å². The van der Waals surface area contributed by atoms with Crippen molar-refractivity contribution in [3.8, 4) is 0 Å². The van der Waals surface area contributed by atoms with Gasteiger partial charge in [0.1, 0.15) is 12.0 Å². The number of guanidine groups is 1. The Kier molecular flexibility index (Phi) is 5.65. The van der Waals surface area contributed by atoms with Crippen molar-refractivity contribution in [1.82, 2.24) is 15.4 Å². The Morgan fingerprint density at radius 1 is 1.52 bits per heavy atom. The van der Waals surface area contributed by atoms with Crippen molar-refractivity contribution in [3.05, 3.63) is 18.0 Å². The first-order valence-electron chi connectivity index (χ1n) is 8.09. The zero-order valence-electron chi connectivity index (χ0n) is 13.6. The molecule has 0 saturated carbocycles. The standard InChI is InChI=1S/C16H28N4O/c1-4-8-16(3)9-6-10-20(13-16)15(17-5-2)18-12-14-7-11-21-19-14/h7,11H,4-6,8-10,12-13H2,1-3H3,(H,17,18). The van der Waals surface area contributed by atoms with Crippen molar-refractivity contribution >= 4 is 5.96 Å². The monoisotopic (exact) mass is 292 g/mol. The second kappa shape index (κ2) is 7.48. The molecule has 1 aromatic rings. The Morgan fingerprint density at radius 2 is 2.38 bits per heavy atom. The third-order valence-corrected chi connectivity index (χ3v) is 4.15. The van der Waals surface area contributed by atoms with E-state index in [1.807, 2.05) is 6.07 Å². The van der Waals surface area contributed by atoms with Gasteiger partial charge in [0.15, 0.2) is 5.96 Å². The van der Waals surface area contributed by atoms with Crippen molar-refractivity contribution in [2.75, 3.05) is 19.6 Å². The second-order valence-electron chi connectivity index (χ2n) is 6.25. The van der Waals surface area contributed by atoms with Gasteiger partial charge in [-0.2, -0.15) is 0 Å². The quantitative estimate of drug-likeness (QED) is 0.669. The lowest BCUT2D eigenvalue weighted by molar-refractivity contribution is 0.142. The van der Waals surface area contributed by atoms with Crippen molar-refractivity contribution in [2.24, 2.45) is 10.4 Å². The van der Waals surface area contributed by atoms with Gasteiger partial charge in [-0.05, 0) is 31.6 Å². The van der Waals surface area contributed by atoms with Crippen LogP contribution < -0.4 is 5.32 Å². The fourth-order valence-electron chi connectivity index (χ4n) is 3.20. The van der Waals surface area contributed by atoms with Crippen molar-refractivity contribution < 1.29 is 4.52 Å². The van der Waals surface area contributed by atoms with Crippen LogP contribution in [0.15, 0.2) is 21.8 Å². The van der Waals surface area contributed by atoms with Gasteiger partial charge in [0.25, 0.3) is 0 Å². The molecule has 1 N–H and O–H groups in total. The lowest BCUT2D eigenvalue weighted by Gasteiger charge is -2.42. The summed E-state index contributed by atoms with van der Waals surface area (Å²) in [5.41, 5.74) is 1.29. The molecule has 0 aliphatic carbocycles. The normalized spacial score (nSPS) is 23.4. The molecular weight excluding hydrogens is 264 g/mol. The van der Waals surface area contributed by atoms with E-state index in [4.69, 9.17) is 9.52 Å². The van der Waals surface area contributed by atoms with Crippen LogP contribution in [0.3, 0.4) is 0 Å². The molecule has 1 aromatic heterocycles. The molecule has 1 fully saturated rings. The fraction of sp³-hybridized carbons (Fsp3) is 0.750. The van der Waals surface area contributed by atoms with E-state index < -0.39 is 0 Å². The maximum absolute atomic E-state index is 4.86. The summed E-state index contributed by atoms with van der Waals surface area (Å²) >= 11 is 0. The number of piperidine rings is 1. The highest BCUT2D eigenvalue weighted by molar-refractivity contribution is 5.80. The molecule has 118 valence electrons.